The van der Waals surface area contributed by atoms with E-state index in [9.17, 15) is 4.79 Å². The highest BCUT2D eigenvalue weighted by Gasteiger charge is 2.16. The Bertz CT molecular complexity index is 376. The molecular weight excluding hydrogens is 190 g/mol. The maximum absolute atomic E-state index is 10.7. The fourth-order valence-electron chi connectivity index (χ4n) is 0.912. The Morgan fingerprint density at radius 3 is 2.54 bits per heavy atom. The van der Waals surface area contributed by atoms with Gasteiger partial charge in [-0.25, -0.2) is 5.41 Å². The summed E-state index contributed by atoms with van der Waals surface area (Å²) in [4.78, 5) is 10.7. The predicted octanol–water partition coefficient (Wildman–Crippen LogP) is -1.04. The van der Waals surface area contributed by atoms with E-state index in [0.717, 1.165) is 0 Å². The third kappa shape index (κ3) is 1.97. The second kappa shape index (κ2) is 3.45. The van der Waals surface area contributed by atoms with Crippen LogP contribution in [0.2, 0.25) is 5.02 Å². The summed E-state index contributed by atoms with van der Waals surface area (Å²) in [7, 11) is 0. The van der Waals surface area contributed by atoms with E-state index in [1.807, 2.05) is 0 Å². The van der Waals surface area contributed by atoms with Gasteiger partial charge in [0.05, 0.1) is 5.56 Å². The Hall–Kier alpha value is -1.55. The smallest absolute Gasteiger partial charge is 0.313 e. The highest BCUT2D eigenvalue weighted by molar-refractivity contribution is 6.43. The van der Waals surface area contributed by atoms with Gasteiger partial charge in [0.15, 0.2) is 0 Å². The Morgan fingerprint density at radius 2 is 2.08 bits per heavy atom. The van der Waals surface area contributed by atoms with Gasteiger partial charge in [-0.15, -0.1) is 0 Å². The first-order valence-electron chi connectivity index (χ1n) is 3.50. The number of nitrogen functional groups attached to an aromatic ring is 1. The molecule has 1 rings (SSSR count). The van der Waals surface area contributed by atoms with Crippen LogP contribution in [0.5, 0.6) is 0 Å². The van der Waals surface area contributed by atoms with Crippen molar-refractivity contribution in [2.24, 2.45) is 5.73 Å². The highest BCUT2D eigenvalue weighted by Crippen LogP contribution is 2.17. The maximum atomic E-state index is 10.7. The van der Waals surface area contributed by atoms with E-state index in [0.29, 0.717) is 16.3 Å². The van der Waals surface area contributed by atoms with Crippen molar-refractivity contribution in [1.82, 2.24) is 0 Å². The van der Waals surface area contributed by atoms with E-state index < -0.39 is 5.91 Å². The molecule has 0 aliphatic heterocycles. The molecule has 4 nitrogen and oxygen atoms in total. The lowest BCUT2D eigenvalue weighted by Crippen LogP contribution is -2.48. The number of amides is 1. The molecule has 0 saturated carbocycles. The largest absolute Gasteiger partial charge is 0.398 e. The van der Waals surface area contributed by atoms with Crippen molar-refractivity contribution in [3.63, 3.8) is 0 Å². The molecular formula is C8H9ClN3O+. The van der Waals surface area contributed by atoms with Crippen molar-refractivity contribution < 1.29 is 10.2 Å². The van der Waals surface area contributed by atoms with Crippen LogP contribution in [0.3, 0.4) is 0 Å². The molecule has 1 aromatic rings. The zero-order valence-corrected chi connectivity index (χ0v) is 7.51. The lowest BCUT2D eigenvalue weighted by molar-refractivity contribution is -0.133. The van der Waals surface area contributed by atoms with Crippen LogP contribution in [0.15, 0.2) is 18.2 Å². The monoisotopic (exact) mass is 198 g/mol. The van der Waals surface area contributed by atoms with Gasteiger partial charge in [-0.1, -0.05) is 11.6 Å². The van der Waals surface area contributed by atoms with Crippen molar-refractivity contribution in [1.29, 1.82) is 0 Å². The zero-order chi connectivity index (χ0) is 10.0. The summed E-state index contributed by atoms with van der Waals surface area (Å²) in [5.41, 5.74) is 11.2. The first kappa shape index (κ1) is 9.54. The number of nitrogens with two attached hydrogens (primary N) is 3. The molecule has 6 N–H and O–H groups in total. The lowest BCUT2D eigenvalue weighted by Gasteiger charge is -2.00. The van der Waals surface area contributed by atoms with Crippen LogP contribution in [-0.4, -0.2) is 11.6 Å². The molecule has 0 atom stereocenters. The van der Waals surface area contributed by atoms with Crippen LogP contribution in [0.1, 0.15) is 5.56 Å². The van der Waals surface area contributed by atoms with Crippen LogP contribution < -0.4 is 16.9 Å². The molecule has 0 heterocycles. The molecule has 0 radical (unpaired) electrons. The van der Waals surface area contributed by atoms with Crippen LogP contribution in [0.4, 0.5) is 5.69 Å². The molecule has 0 aliphatic carbocycles. The standard InChI is InChI=1S/C8H8ClN3O/c9-4-1-2-5(6(10)3-4)7(11)8(12)13/h1-3,11H,10H2,(H2,12,13)/p+1. The first-order valence-corrected chi connectivity index (χ1v) is 3.88. The number of hydrogen-bond acceptors (Lipinski definition) is 2. The van der Waals surface area contributed by atoms with Gasteiger partial charge in [-0.2, -0.15) is 0 Å². The van der Waals surface area contributed by atoms with Crippen molar-refractivity contribution in [3.05, 3.63) is 28.8 Å². The number of rotatable bonds is 2. The summed E-state index contributed by atoms with van der Waals surface area (Å²) in [5.74, 6) is -0.700. The van der Waals surface area contributed by atoms with Gasteiger partial charge in [0.25, 0.3) is 5.71 Å². The Kier molecular flexibility index (Phi) is 2.53. The first-order chi connectivity index (χ1) is 6.02. The van der Waals surface area contributed by atoms with E-state index in [1.54, 1.807) is 12.1 Å². The fourth-order valence-corrected chi connectivity index (χ4v) is 1.09. The Morgan fingerprint density at radius 1 is 1.46 bits per heavy atom. The molecule has 1 aromatic carbocycles. The average Bonchev–Trinajstić information content (AvgIpc) is 2.03. The number of hydrogen-bond donors (Lipinski definition) is 3. The van der Waals surface area contributed by atoms with E-state index in [2.05, 4.69) is 0 Å². The molecule has 5 heteroatoms. The third-order valence-electron chi connectivity index (χ3n) is 1.57. The van der Waals surface area contributed by atoms with Gasteiger partial charge in [0.1, 0.15) is 0 Å². The molecule has 68 valence electrons. The van der Waals surface area contributed by atoms with E-state index in [4.69, 9.17) is 28.5 Å². The Balaban J connectivity index is 3.16. The SMILES string of the molecule is NC(=O)C(=[NH2+])c1ccc(Cl)cc1N. The normalized spacial score (nSPS) is 9.62. The molecule has 0 aliphatic rings. The summed E-state index contributed by atoms with van der Waals surface area (Å²) in [5, 5.41) is 5.89. The van der Waals surface area contributed by atoms with Gasteiger partial charge in [-0.05, 0) is 18.2 Å². The highest BCUT2D eigenvalue weighted by atomic mass is 35.5. The maximum Gasteiger partial charge on any atom is 0.313 e. The minimum absolute atomic E-state index is 0.0610. The van der Waals surface area contributed by atoms with Gasteiger partial charge in [0.2, 0.25) is 0 Å². The van der Waals surface area contributed by atoms with E-state index in [-0.39, 0.29) is 5.71 Å². The van der Waals surface area contributed by atoms with Crippen LogP contribution in [0.25, 0.3) is 0 Å². The second-order valence-corrected chi connectivity index (χ2v) is 2.95. The summed E-state index contributed by atoms with van der Waals surface area (Å²) >= 11 is 5.65. The van der Waals surface area contributed by atoms with Crippen LogP contribution >= 0.6 is 11.6 Å². The summed E-state index contributed by atoms with van der Waals surface area (Å²) in [6.07, 6.45) is 0. The minimum Gasteiger partial charge on any atom is -0.398 e. The van der Waals surface area contributed by atoms with Gasteiger partial charge >= 0.3 is 5.91 Å². The summed E-state index contributed by atoms with van der Waals surface area (Å²) in [6, 6.07) is 4.65. The summed E-state index contributed by atoms with van der Waals surface area (Å²) in [6.45, 7) is 0. The van der Waals surface area contributed by atoms with Crippen molar-refractivity contribution in [3.8, 4) is 0 Å². The third-order valence-corrected chi connectivity index (χ3v) is 1.80. The molecule has 13 heavy (non-hydrogen) atoms. The molecule has 0 fully saturated rings. The predicted molar refractivity (Wildman–Crippen MR) is 51.1 cm³/mol. The fraction of sp³-hybridized carbons (Fsp3) is 0. The quantitative estimate of drug-likeness (QED) is 0.418. The number of carbonyl (C=O) groups is 1. The van der Waals surface area contributed by atoms with Crippen LogP contribution in [-0.2, 0) is 4.79 Å². The van der Waals surface area contributed by atoms with E-state index >= 15 is 0 Å². The molecule has 0 unspecified atom stereocenters. The zero-order valence-electron chi connectivity index (χ0n) is 6.75. The topological polar surface area (TPSA) is 94.7 Å². The number of anilines is 1. The van der Waals surface area contributed by atoms with Gasteiger partial charge in [-0.3, -0.25) is 4.79 Å². The van der Waals surface area contributed by atoms with Gasteiger partial charge < -0.3 is 11.5 Å². The van der Waals surface area contributed by atoms with E-state index in [1.165, 1.54) is 6.07 Å². The summed E-state index contributed by atoms with van der Waals surface area (Å²) < 4.78 is 0. The average molecular weight is 199 g/mol. The van der Waals surface area contributed by atoms with Crippen LogP contribution in [0, 0.1) is 0 Å². The second-order valence-electron chi connectivity index (χ2n) is 2.51. The number of halogens is 1. The molecule has 0 saturated heterocycles. The molecule has 0 bridgehead atoms. The van der Waals surface area contributed by atoms with Gasteiger partial charge in [0, 0.05) is 10.7 Å². The molecule has 0 aromatic heterocycles. The van der Waals surface area contributed by atoms with Crippen molar-refractivity contribution in [2.45, 2.75) is 0 Å². The number of primary amides is 1. The number of benzene rings is 1. The Labute approximate surface area is 80.0 Å². The molecule has 0 spiro atoms. The van der Waals surface area contributed by atoms with Crippen molar-refractivity contribution in [2.75, 3.05) is 5.73 Å². The number of carbonyl (C=O) groups excluding carboxylic acids is 1. The van der Waals surface area contributed by atoms with Crippen molar-refractivity contribution >= 4 is 28.9 Å². The lowest BCUT2D eigenvalue weighted by atomic mass is 10.1. The minimum atomic E-state index is -0.700. The molecule has 1 amide bonds.